The molecule has 0 aromatic heterocycles. The van der Waals surface area contributed by atoms with Gasteiger partial charge in [-0.2, -0.15) is 0 Å². The molecule has 0 aliphatic heterocycles. The van der Waals surface area contributed by atoms with Crippen LogP contribution >= 0.6 is 0 Å². The predicted octanol–water partition coefficient (Wildman–Crippen LogP) is 5.83. The summed E-state index contributed by atoms with van der Waals surface area (Å²) >= 11 is 0. The first-order valence-corrected chi connectivity index (χ1v) is 9.24. The van der Waals surface area contributed by atoms with E-state index in [2.05, 4.69) is 12.1 Å². The molecule has 0 unspecified atom stereocenters. The van der Waals surface area contributed by atoms with Gasteiger partial charge in [-0.1, -0.05) is 55.5 Å². The number of aliphatic imine (C=N–C) groups is 1. The van der Waals surface area contributed by atoms with Crippen molar-refractivity contribution in [3.63, 3.8) is 0 Å². The predicted molar refractivity (Wildman–Crippen MR) is 106 cm³/mol. The van der Waals surface area contributed by atoms with Crippen LogP contribution in [0.4, 0.5) is 5.69 Å². The molecule has 0 heterocycles. The summed E-state index contributed by atoms with van der Waals surface area (Å²) in [5.41, 5.74) is 4.19. The second-order valence-corrected chi connectivity index (χ2v) is 6.86. The number of Topliss-reactive ketones (excluding diaryl/α,β-unsaturated/α-hetero) is 1. The minimum absolute atomic E-state index is 0.0108. The van der Waals surface area contributed by atoms with Crippen LogP contribution in [-0.4, -0.2) is 16.6 Å². The summed E-state index contributed by atoms with van der Waals surface area (Å²) in [6, 6.07) is 18.0. The van der Waals surface area contributed by atoms with E-state index < -0.39 is 0 Å². The average Bonchev–Trinajstić information content (AvgIpc) is 2.64. The normalized spacial score (nSPS) is 21.1. The monoisotopic (exact) mass is 347 g/mol. The molecule has 3 heteroatoms. The van der Waals surface area contributed by atoms with Gasteiger partial charge in [0.05, 0.1) is 17.0 Å². The smallest absolute Gasteiger partial charge is 0.168 e. The molecular weight excluding hydrogens is 322 g/mol. The number of hydrogen-bond donors (Lipinski definition) is 1. The molecule has 1 aliphatic carbocycles. The molecule has 2 aromatic rings. The van der Waals surface area contributed by atoms with Gasteiger partial charge in [0.1, 0.15) is 5.76 Å². The number of hydrogen-bond acceptors (Lipinski definition) is 3. The van der Waals surface area contributed by atoms with Gasteiger partial charge in [0.25, 0.3) is 0 Å². The van der Waals surface area contributed by atoms with Crippen molar-refractivity contribution in [2.75, 3.05) is 0 Å². The summed E-state index contributed by atoms with van der Waals surface area (Å²) in [6.07, 6.45) is 2.37. The third-order valence-electron chi connectivity index (χ3n) is 4.86. The van der Waals surface area contributed by atoms with E-state index in [0.29, 0.717) is 30.5 Å². The summed E-state index contributed by atoms with van der Waals surface area (Å²) in [5, 5.41) is 10.5. The second kappa shape index (κ2) is 8.13. The maximum atomic E-state index is 12.9. The fourth-order valence-corrected chi connectivity index (χ4v) is 3.48. The second-order valence-electron chi connectivity index (χ2n) is 6.86. The maximum Gasteiger partial charge on any atom is 0.168 e. The molecule has 1 saturated carbocycles. The van der Waals surface area contributed by atoms with Crippen molar-refractivity contribution in [1.29, 1.82) is 0 Å². The molecule has 0 spiro atoms. The van der Waals surface area contributed by atoms with Crippen molar-refractivity contribution in [2.45, 2.75) is 45.4 Å². The van der Waals surface area contributed by atoms with Crippen LogP contribution in [0.5, 0.6) is 0 Å². The van der Waals surface area contributed by atoms with E-state index in [0.717, 1.165) is 23.2 Å². The fraction of sp³-hybridized carbons (Fsp3) is 0.304. The van der Waals surface area contributed by atoms with E-state index in [1.54, 1.807) is 0 Å². The lowest BCUT2D eigenvalue weighted by Gasteiger charge is -2.26. The SMILES string of the molecule is CCCC(O)=C1C(=O)C[C@@H](c2ccccc2)CC1=Nc1ccccc1C. The number of nitrogens with zero attached hydrogens (tertiary/aromatic N) is 1. The van der Waals surface area contributed by atoms with Crippen molar-refractivity contribution < 1.29 is 9.90 Å². The molecule has 1 atom stereocenters. The highest BCUT2D eigenvalue weighted by atomic mass is 16.3. The van der Waals surface area contributed by atoms with Gasteiger partial charge >= 0.3 is 0 Å². The van der Waals surface area contributed by atoms with Gasteiger partial charge < -0.3 is 5.11 Å². The Balaban J connectivity index is 2.05. The van der Waals surface area contributed by atoms with E-state index in [1.165, 1.54) is 0 Å². The van der Waals surface area contributed by atoms with Crippen LogP contribution in [-0.2, 0) is 4.79 Å². The first kappa shape index (κ1) is 18.1. The fourth-order valence-electron chi connectivity index (χ4n) is 3.48. The van der Waals surface area contributed by atoms with E-state index in [4.69, 9.17) is 4.99 Å². The lowest BCUT2D eigenvalue weighted by atomic mass is 9.78. The van der Waals surface area contributed by atoms with Crippen molar-refractivity contribution in [2.24, 2.45) is 4.99 Å². The minimum atomic E-state index is -0.0108. The maximum absolute atomic E-state index is 12.9. The van der Waals surface area contributed by atoms with Gasteiger partial charge in [-0.3, -0.25) is 9.79 Å². The van der Waals surface area contributed by atoms with Crippen LogP contribution in [0.1, 0.15) is 49.7 Å². The summed E-state index contributed by atoms with van der Waals surface area (Å²) in [7, 11) is 0. The van der Waals surface area contributed by atoms with Gasteiger partial charge in [-0.25, -0.2) is 0 Å². The third-order valence-corrected chi connectivity index (χ3v) is 4.86. The van der Waals surface area contributed by atoms with Gasteiger partial charge in [-0.05, 0) is 42.9 Å². The summed E-state index contributed by atoms with van der Waals surface area (Å²) in [6.45, 7) is 4.00. The molecule has 26 heavy (non-hydrogen) atoms. The third kappa shape index (κ3) is 3.93. The van der Waals surface area contributed by atoms with Crippen LogP contribution < -0.4 is 0 Å². The topological polar surface area (TPSA) is 49.7 Å². The number of aliphatic hydroxyl groups is 1. The number of benzene rings is 2. The Hall–Kier alpha value is -2.68. The number of para-hydroxylation sites is 1. The first-order valence-electron chi connectivity index (χ1n) is 9.24. The highest BCUT2D eigenvalue weighted by molar-refractivity contribution is 6.25. The number of carbonyl (C=O) groups excluding carboxylic acids is 1. The van der Waals surface area contributed by atoms with Gasteiger partial charge in [0.2, 0.25) is 0 Å². The first-order chi connectivity index (χ1) is 12.6. The highest BCUT2D eigenvalue weighted by Gasteiger charge is 2.32. The van der Waals surface area contributed by atoms with Gasteiger partial charge in [-0.15, -0.1) is 0 Å². The molecule has 3 nitrogen and oxygen atoms in total. The summed E-state index contributed by atoms with van der Waals surface area (Å²) in [4.78, 5) is 17.7. The number of ketones is 1. The quantitative estimate of drug-likeness (QED) is 0.559. The summed E-state index contributed by atoms with van der Waals surface area (Å²) in [5.74, 6) is 0.268. The molecule has 1 N–H and O–H groups in total. The largest absolute Gasteiger partial charge is 0.511 e. The van der Waals surface area contributed by atoms with Crippen molar-refractivity contribution in [3.05, 3.63) is 77.1 Å². The Bertz CT molecular complexity index is 850. The number of rotatable bonds is 4. The van der Waals surface area contributed by atoms with E-state index >= 15 is 0 Å². The molecule has 134 valence electrons. The van der Waals surface area contributed by atoms with E-state index in [9.17, 15) is 9.90 Å². The zero-order chi connectivity index (χ0) is 18.5. The van der Waals surface area contributed by atoms with Crippen molar-refractivity contribution in [1.82, 2.24) is 0 Å². The Morgan fingerprint density at radius 1 is 1.08 bits per heavy atom. The van der Waals surface area contributed by atoms with Crippen LogP contribution in [0.3, 0.4) is 0 Å². The lowest BCUT2D eigenvalue weighted by Crippen LogP contribution is -2.26. The molecule has 3 rings (SSSR count). The molecular formula is C23H25NO2. The van der Waals surface area contributed by atoms with Crippen LogP contribution in [0.2, 0.25) is 0 Å². The van der Waals surface area contributed by atoms with Crippen molar-refractivity contribution in [3.8, 4) is 0 Å². The average molecular weight is 347 g/mol. The van der Waals surface area contributed by atoms with Crippen LogP contribution in [0, 0.1) is 6.92 Å². The molecule has 0 radical (unpaired) electrons. The molecule has 0 amide bonds. The standard InChI is InChI=1S/C23H25NO2/c1-3-9-21(25)23-20(24-19-13-8-7-10-16(19)2)14-18(15-22(23)26)17-11-5-4-6-12-17/h4-8,10-13,18,25H,3,9,14-15H2,1-2H3/t18-/m0/s1. The zero-order valence-electron chi connectivity index (χ0n) is 15.4. The van der Waals surface area contributed by atoms with Gasteiger partial charge in [0, 0.05) is 12.8 Å². The Morgan fingerprint density at radius 3 is 2.46 bits per heavy atom. The van der Waals surface area contributed by atoms with Crippen LogP contribution in [0.15, 0.2) is 70.9 Å². The number of aliphatic hydroxyl groups excluding tert-OH is 1. The summed E-state index contributed by atoms with van der Waals surface area (Å²) < 4.78 is 0. The van der Waals surface area contributed by atoms with E-state index in [-0.39, 0.29) is 17.5 Å². The van der Waals surface area contributed by atoms with Crippen LogP contribution in [0.25, 0.3) is 0 Å². The van der Waals surface area contributed by atoms with E-state index in [1.807, 2.05) is 56.3 Å². The number of aryl methyl sites for hydroxylation is 1. The minimum Gasteiger partial charge on any atom is -0.511 e. The number of allylic oxidation sites excluding steroid dienone is 2. The van der Waals surface area contributed by atoms with Gasteiger partial charge in [0.15, 0.2) is 5.78 Å². The molecule has 1 fully saturated rings. The molecule has 1 aliphatic rings. The zero-order valence-corrected chi connectivity index (χ0v) is 15.4. The Kier molecular flexibility index (Phi) is 5.67. The number of carbonyl (C=O) groups is 1. The molecule has 0 saturated heterocycles. The van der Waals surface area contributed by atoms with Crippen molar-refractivity contribution >= 4 is 17.2 Å². The highest BCUT2D eigenvalue weighted by Crippen LogP contribution is 2.35. The lowest BCUT2D eigenvalue weighted by molar-refractivity contribution is -0.115. The molecule has 0 bridgehead atoms. The Morgan fingerprint density at radius 2 is 1.77 bits per heavy atom. The molecule has 2 aromatic carbocycles. The Labute approximate surface area is 155 Å².